The number of hydrogen-bond acceptors (Lipinski definition) is 4. The summed E-state index contributed by atoms with van der Waals surface area (Å²) in [6, 6.07) is 9.03. The number of nitrogens with zero attached hydrogens (tertiary/aromatic N) is 3. The van der Waals surface area contributed by atoms with Crippen LogP contribution in [0.4, 0.5) is 0 Å². The Morgan fingerprint density at radius 1 is 1.12 bits per heavy atom. The Bertz CT molecular complexity index is 745. The van der Waals surface area contributed by atoms with Crippen molar-refractivity contribution >= 4 is 35.8 Å². The zero-order valence-electron chi connectivity index (χ0n) is 20.1. The van der Waals surface area contributed by atoms with E-state index in [0.29, 0.717) is 18.8 Å². The summed E-state index contributed by atoms with van der Waals surface area (Å²) in [5, 5.41) is 6.86. The maximum Gasteiger partial charge on any atom is 0.225 e. The highest BCUT2D eigenvalue weighted by Gasteiger charge is 2.28. The molecule has 0 bridgehead atoms. The van der Waals surface area contributed by atoms with Crippen LogP contribution in [-0.4, -0.2) is 73.1 Å². The lowest BCUT2D eigenvalue weighted by molar-refractivity contribution is -0.133. The van der Waals surface area contributed by atoms with E-state index in [-0.39, 0.29) is 41.8 Å². The molecule has 0 aromatic heterocycles. The maximum absolute atomic E-state index is 12.2. The lowest BCUT2D eigenvalue weighted by atomic mass is 10.1. The lowest BCUT2D eigenvalue weighted by Gasteiger charge is -2.35. The van der Waals surface area contributed by atoms with Gasteiger partial charge in [0.25, 0.3) is 0 Å². The fourth-order valence-electron chi connectivity index (χ4n) is 4.45. The largest absolute Gasteiger partial charge is 0.373 e. The van der Waals surface area contributed by atoms with Gasteiger partial charge in [0.2, 0.25) is 5.91 Å². The fourth-order valence-corrected chi connectivity index (χ4v) is 4.45. The van der Waals surface area contributed by atoms with Crippen molar-refractivity contribution in [2.24, 2.45) is 10.9 Å². The molecule has 3 unspecified atom stereocenters. The molecule has 7 nitrogen and oxygen atoms in total. The first-order valence-corrected chi connectivity index (χ1v) is 11.6. The molecule has 3 atom stereocenters. The summed E-state index contributed by atoms with van der Waals surface area (Å²) >= 11 is 0. The van der Waals surface area contributed by atoms with Crippen molar-refractivity contribution in [3.8, 4) is 0 Å². The molecule has 2 saturated heterocycles. The number of benzene rings is 1. The van der Waals surface area contributed by atoms with E-state index in [2.05, 4.69) is 58.6 Å². The fraction of sp³-hybridized carbons (Fsp3) is 0.667. The number of guanidine groups is 1. The molecule has 8 heteroatoms. The van der Waals surface area contributed by atoms with E-state index in [1.807, 2.05) is 18.7 Å². The van der Waals surface area contributed by atoms with Crippen LogP contribution in [0, 0.1) is 5.92 Å². The molecule has 1 aromatic carbocycles. The molecule has 0 radical (unpaired) electrons. The van der Waals surface area contributed by atoms with Crippen molar-refractivity contribution in [3.63, 3.8) is 0 Å². The second-order valence-corrected chi connectivity index (χ2v) is 9.26. The van der Waals surface area contributed by atoms with Crippen LogP contribution in [0.3, 0.4) is 0 Å². The zero-order chi connectivity index (χ0) is 22.4. The summed E-state index contributed by atoms with van der Waals surface area (Å²) in [4.78, 5) is 21.0. The van der Waals surface area contributed by atoms with E-state index in [0.717, 1.165) is 45.1 Å². The van der Waals surface area contributed by atoms with Crippen LogP contribution in [-0.2, 0) is 22.6 Å². The molecule has 2 aliphatic heterocycles. The van der Waals surface area contributed by atoms with Crippen molar-refractivity contribution in [2.45, 2.75) is 65.5 Å². The van der Waals surface area contributed by atoms with Crippen LogP contribution in [0.15, 0.2) is 29.3 Å². The first-order valence-electron chi connectivity index (χ1n) is 11.6. The second-order valence-electron chi connectivity index (χ2n) is 9.26. The van der Waals surface area contributed by atoms with Crippen LogP contribution in [0.5, 0.6) is 0 Å². The highest BCUT2D eigenvalue weighted by atomic mass is 127. The van der Waals surface area contributed by atoms with Gasteiger partial charge in [0.1, 0.15) is 0 Å². The number of aliphatic imine (C=N–C) groups is 1. The standard InChI is InChI=1S/C24H39N5O2.HI/c1-17(2)23(30)29-11-10-22(16-29)27-24(25-5)26-12-20-6-8-21(9-7-20)15-28-13-18(3)31-19(4)14-28;/h6-9,17-19,22H,10-16H2,1-5H3,(H2,25,26,27);1H. The molecule has 180 valence electrons. The Morgan fingerprint density at radius 2 is 1.75 bits per heavy atom. The molecule has 2 aliphatic rings. The average Bonchev–Trinajstić information content (AvgIpc) is 3.19. The van der Waals surface area contributed by atoms with Gasteiger partial charge in [-0.05, 0) is 31.4 Å². The minimum Gasteiger partial charge on any atom is -0.373 e. The second kappa shape index (κ2) is 12.7. The van der Waals surface area contributed by atoms with Gasteiger partial charge < -0.3 is 20.3 Å². The monoisotopic (exact) mass is 557 g/mol. The first kappa shape index (κ1) is 26.9. The molecule has 32 heavy (non-hydrogen) atoms. The Labute approximate surface area is 210 Å². The van der Waals surface area contributed by atoms with Gasteiger partial charge >= 0.3 is 0 Å². The topological polar surface area (TPSA) is 69.2 Å². The summed E-state index contributed by atoms with van der Waals surface area (Å²) in [5.74, 6) is 1.06. The Balaban J connectivity index is 0.00000363. The number of ether oxygens (including phenoxy) is 1. The number of morpholine rings is 1. The molecular weight excluding hydrogens is 517 g/mol. The normalized spacial score (nSPS) is 24.4. The SMILES string of the molecule is CN=C(NCc1ccc(CN2CC(C)OC(C)C2)cc1)NC1CCN(C(=O)C(C)C)C1.I. The van der Waals surface area contributed by atoms with E-state index in [9.17, 15) is 4.79 Å². The number of carbonyl (C=O) groups excluding carboxylic acids is 1. The molecule has 1 amide bonds. The van der Waals surface area contributed by atoms with Crippen molar-refractivity contribution in [1.29, 1.82) is 0 Å². The number of rotatable bonds is 6. The molecule has 0 aliphatic carbocycles. The van der Waals surface area contributed by atoms with Gasteiger partial charge in [-0.3, -0.25) is 14.7 Å². The van der Waals surface area contributed by atoms with Crippen molar-refractivity contribution in [3.05, 3.63) is 35.4 Å². The number of halogens is 1. The third kappa shape index (κ3) is 7.88. The molecule has 0 saturated carbocycles. The Hall–Kier alpha value is -1.39. The van der Waals surface area contributed by atoms with Gasteiger partial charge in [-0.15, -0.1) is 24.0 Å². The summed E-state index contributed by atoms with van der Waals surface area (Å²) in [6.45, 7) is 13.4. The predicted molar refractivity (Wildman–Crippen MR) is 140 cm³/mol. The van der Waals surface area contributed by atoms with Gasteiger partial charge in [0.05, 0.1) is 12.2 Å². The Kier molecular flexibility index (Phi) is 10.7. The minimum atomic E-state index is 0. The van der Waals surface area contributed by atoms with Gasteiger partial charge in [-0.2, -0.15) is 0 Å². The quantitative estimate of drug-likeness (QED) is 0.320. The molecular formula is C24H40IN5O2. The summed E-state index contributed by atoms with van der Waals surface area (Å²) in [7, 11) is 1.79. The van der Waals surface area contributed by atoms with Crippen LogP contribution in [0.2, 0.25) is 0 Å². The molecule has 1 aromatic rings. The highest BCUT2D eigenvalue weighted by molar-refractivity contribution is 14.0. The average molecular weight is 558 g/mol. The molecule has 2 fully saturated rings. The van der Waals surface area contributed by atoms with Crippen LogP contribution >= 0.6 is 24.0 Å². The molecule has 0 spiro atoms. The van der Waals surface area contributed by atoms with E-state index in [4.69, 9.17) is 4.74 Å². The molecule has 3 rings (SSSR count). The minimum absolute atomic E-state index is 0. The van der Waals surface area contributed by atoms with E-state index in [1.165, 1.54) is 11.1 Å². The summed E-state index contributed by atoms with van der Waals surface area (Å²) < 4.78 is 5.83. The van der Waals surface area contributed by atoms with Gasteiger partial charge in [-0.1, -0.05) is 38.1 Å². The maximum atomic E-state index is 12.2. The van der Waals surface area contributed by atoms with Crippen molar-refractivity contribution < 1.29 is 9.53 Å². The number of nitrogens with one attached hydrogen (secondary N) is 2. The number of amides is 1. The first-order chi connectivity index (χ1) is 14.8. The van der Waals surface area contributed by atoms with Crippen molar-refractivity contribution in [2.75, 3.05) is 33.2 Å². The van der Waals surface area contributed by atoms with Crippen LogP contribution < -0.4 is 10.6 Å². The predicted octanol–water partition coefficient (Wildman–Crippen LogP) is 2.84. The van der Waals surface area contributed by atoms with Gasteiger partial charge in [-0.25, -0.2) is 0 Å². The van der Waals surface area contributed by atoms with Crippen molar-refractivity contribution in [1.82, 2.24) is 20.4 Å². The number of carbonyl (C=O) groups is 1. The zero-order valence-corrected chi connectivity index (χ0v) is 22.5. The van der Waals surface area contributed by atoms with Gasteiger partial charge in [0.15, 0.2) is 5.96 Å². The third-order valence-corrected chi connectivity index (χ3v) is 5.94. The Morgan fingerprint density at radius 3 is 2.34 bits per heavy atom. The van der Waals surface area contributed by atoms with E-state index in [1.54, 1.807) is 7.05 Å². The van der Waals surface area contributed by atoms with E-state index < -0.39 is 0 Å². The lowest BCUT2D eigenvalue weighted by Crippen LogP contribution is -2.45. The number of likely N-dealkylation sites (tertiary alicyclic amines) is 1. The molecule has 2 N–H and O–H groups in total. The molecule has 2 heterocycles. The van der Waals surface area contributed by atoms with Gasteiger partial charge in [0, 0.05) is 58.3 Å². The number of hydrogen-bond donors (Lipinski definition) is 2. The third-order valence-electron chi connectivity index (χ3n) is 5.94. The van der Waals surface area contributed by atoms with E-state index >= 15 is 0 Å². The summed E-state index contributed by atoms with van der Waals surface area (Å²) in [5.41, 5.74) is 2.55. The summed E-state index contributed by atoms with van der Waals surface area (Å²) in [6.07, 6.45) is 1.54. The smallest absolute Gasteiger partial charge is 0.225 e. The van der Waals surface area contributed by atoms with Crippen LogP contribution in [0.25, 0.3) is 0 Å². The highest BCUT2D eigenvalue weighted by Crippen LogP contribution is 2.15. The van der Waals surface area contributed by atoms with Crippen LogP contribution in [0.1, 0.15) is 45.2 Å².